The summed E-state index contributed by atoms with van der Waals surface area (Å²) in [6, 6.07) is 0. The fraction of sp³-hybridized carbons (Fsp3) is 1.00. The summed E-state index contributed by atoms with van der Waals surface area (Å²) in [5, 5.41) is 3.38. The molecular formula is C15H30N2O2S. The molecule has 1 saturated carbocycles. The highest BCUT2D eigenvalue weighted by molar-refractivity contribution is 7.88. The van der Waals surface area contributed by atoms with E-state index in [0.29, 0.717) is 17.9 Å². The van der Waals surface area contributed by atoms with Gasteiger partial charge in [-0.3, -0.25) is 0 Å². The Kier molecular flexibility index (Phi) is 5.49. The molecule has 0 aromatic rings. The van der Waals surface area contributed by atoms with Gasteiger partial charge in [0, 0.05) is 19.6 Å². The third-order valence-corrected chi connectivity index (χ3v) is 6.41. The van der Waals surface area contributed by atoms with Crippen molar-refractivity contribution in [1.82, 2.24) is 9.62 Å². The van der Waals surface area contributed by atoms with Crippen LogP contribution < -0.4 is 5.32 Å². The van der Waals surface area contributed by atoms with E-state index in [0.717, 1.165) is 19.5 Å². The molecular weight excluding hydrogens is 272 g/mol. The molecule has 0 bridgehead atoms. The van der Waals surface area contributed by atoms with Crippen molar-refractivity contribution < 1.29 is 8.42 Å². The molecule has 2 aliphatic rings. The Bertz CT molecular complexity index is 397. The molecule has 4 nitrogen and oxygen atoms in total. The lowest BCUT2D eigenvalue weighted by Gasteiger charge is -2.42. The zero-order valence-corrected chi connectivity index (χ0v) is 13.8. The van der Waals surface area contributed by atoms with Gasteiger partial charge in [-0.1, -0.05) is 19.3 Å². The summed E-state index contributed by atoms with van der Waals surface area (Å²) in [6.07, 6.45) is 11.4. The summed E-state index contributed by atoms with van der Waals surface area (Å²) in [7, 11) is -0.972. The predicted molar refractivity (Wildman–Crippen MR) is 83.2 cm³/mol. The van der Waals surface area contributed by atoms with Crippen LogP contribution in [0.1, 0.15) is 51.4 Å². The largest absolute Gasteiger partial charge is 0.319 e. The standard InChI is InChI=1S/C15H30N2O2S/c1-16-13-15(8-4-3-5-9-15)11-14-7-6-10-17(12-14)20(2,18)19/h14,16H,3-13H2,1-2H3. The number of sulfonamides is 1. The van der Waals surface area contributed by atoms with Gasteiger partial charge in [-0.2, -0.15) is 0 Å². The maximum absolute atomic E-state index is 11.7. The van der Waals surface area contributed by atoms with Crippen LogP contribution in [0.25, 0.3) is 0 Å². The third kappa shape index (κ3) is 4.18. The first-order chi connectivity index (χ1) is 9.45. The minimum atomic E-state index is -3.01. The van der Waals surface area contributed by atoms with E-state index < -0.39 is 10.0 Å². The van der Waals surface area contributed by atoms with Gasteiger partial charge in [0.25, 0.3) is 0 Å². The summed E-state index contributed by atoms with van der Waals surface area (Å²) < 4.78 is 25.2. The van der Waals surface area contributed by atoms with Crippen LogP contribution in [0.4, 0.5) is 0 Å². The van der Waals surface area contributed by atoms with Crippen LogP contribution in [-0.4, -0.2) is 45.7 Å². The molecule has 0 radical (unpaired) electrons. The molecule has 5 heteroatoms. The van der Waals surface area contributed by atoms with Gasteiger partial charge in [0.15, 0.2) is 0 Å². The van der Waals surface area contributed by atoms with Crippen molar-refractivity contribution in [3.63, 3.8) is 0 Å². The molecule has 0 aromatic carbocycles. The van der Waals surface area contributed by atoms with Crippen molar-refractivity contribution in [2.45, 2.75) is 51.4 Å². The number of piperidine rings is 1. The average molecular weight is 302 g/mol. The number of hydrogen-bond donors (Lipinski definition) is 1. The predicted octanol–water partition coefficient (Wildman–Crippen LogP) is 2.22. The molecule has 2 rings (SSSR count). The first kappa shape index (κ1) is 16.2. The number of hydrogen-bond acceptors (Lipinski definition) is 3. The van der Waals surface area contributed by atoms with Gasteiger partial charge in [-0.15, -0.1) is 0 Å². The van der Waals surface area contributed by atoms with E-state index in [2.05, 4.69) is 5.32 Å². The van der Waals surface area contributed by atoms with Crippen molar-refractivity contribution >= 4 is 10.0 Å². The highest BCUT2D eigenvalue weighted by Crippen LogP contribution is 2.42. The van der Waals surface area contributed by atoms with Crippen LogP contribution in [0.2, 0.25) is 0 Å². The molecule has 0 aromatic heterocycles. The zero-order chi connectivity index (χ0) is 14.6. The van der Waals surface area contributed by atoms with Gasteiger partial charge in [-0.05, 0) is 50.5 Å². The topological polar surface area (TPSA) is 49.4 Å². The molecule has 1 N–H and O–H groups in total. The molecule has 1 aliphatic carbocycles. The van der Waals surface area contributed by atoms with Crippen molar-refractivity contribution in [1.29, 1.82) is 0 Å². The van der Waals surface area contributed by atoms with Crippen molar-refractivity contribution in [3.05, 3.63) is 0 Å². The Morgan fingerprint density at radius 2 is 1.90 bits per heavy atom. The Hall–Kier alpha value is -0.130. The second kappa shape index (κ2) is 6.75. The van der Waals surface area contributed by atoms with E-state index in [1.54, 1.807) is 4.31 Å². The summed E-state index contributed by atoms with van der Waals surface area (Å²) >= 11 is 0. The first-order valence-corrected chi connectivity index (χ1v) is 9.90. The Morgan fingerprint density at radius 3 is 2.50 bits per heavy atom. The quantitative estimate of drug-likeness (QED) is 0.847. The summed E-state index contributed by atoms with van der Waals surface area (Å²) in [5.74, 6) is 0.546. The average Bonchev–Trinajstić information content (AvgIpc) is 2.39. The maximum Gasteiger partial charge on any atom is 0.211 e. The molecule has 0 spiro atoms. The number of rotatable bonds is 5. The van der Waals surface area contributed by atoms with E-state index >= 15 is 0 Å². The van der Waals surface area contributed by atoms with Crippen LogP contribution in [-0.2, 0) is 10.0 Å². The normalized spacial score (nSPS) is 28.4. The lowest BCUT2D eigenvalue weighted by Crippen LogP contribution is -2.43. The fourth-order valence-electron chi connectivity index (χ4n) is 4.24. The Morgan fingerprint density at radius 1 is 1.20 bits per heavy atom. The van der Waals surface area contributed by atoms with Crippen LogP contribution >= 0.6 is 0 Å². The lowest BCUT2D eigenvalue weighted by atomic mass is 9.68. The van der Waals surface area contributed by atoms with Crippen molar-refractivity contribution in [2.24, 2.45) is 11.3 Å². The number of nitrogens with one attached hydrogen (secondary N) is 1. The Balaban J connectivity index is 1.99. The zero-order valence-electron chi connectivity index (χ0n) is 13.0. The molecule has 2 fully saturated rings. The van der Waals surface area contributed by atoms with E-state index in [4.69, 9.17) is 0 Å². The molecule has 0 amide bonds. The Labute approximate surface area is 124 Å². The SMILES string of the molecule is CNCC1(CC2CCCN(S(C)(=O)=O)C2)CCCCC1. The summed E-state index contributed by atoms with van der Waals surface area (Å²) in [5.41, 5.74) is 0.415. The highest BCUT2D eigenvalue weighted by atomic mass is 32.2. The smallest absolute Gasteiger partial charge is 0.211 e. The molecule has 1 heterocycles. The van der Waals surface area contributed by atoms with Crippen LogP contribution in [0.5, 0.6) is 0 Å². The van der Waals surface area contributed by atoms with Gasteiger partial charge in [-0.25, -0.2) is 12.7 Å². The molecule has 20 heavy (non-hydrogen) atoms. The number of nitrogens with zero attached hydrogens (tertiary/aromatic N) is 1. The van der Waals surface area contributed by atoms with Crippen LogP contribution in [0, 0.1) is 11.3 Å². The second-order valence-corrected chi connectivity index (χ2v) is 8.91. The minimum Gasteiger partial charge on any atom is -0.319 e. The van der Waals surface area contributed by atoms with Gasteiger partial charge in [0.2, 0.25) is 10.0 Å². The van der Waals surface area contributed by atoms with E-state index in [1.807, 2.05) is 7.05 Å². The highest BCUT2D eigenvalue weighted by Gasteiger charge is 2.36. The third-order valence-electron chi connectivity index (χ3n) is 5.14. The van der Waals surface area contributed by atoms with E-state index in [1.165, 1.54) is 51.2 Å². The van der Waals surface area contributed by atoms with Gasteiger partial charge in [0.05, 0.1) is 6.26 Å². The molecule has 1 unspecified atom stereocenters. The second-order valence-electron chi connectivity index (χ2n) is 6.92. The van der Waals surface area contributed by atoms with Gasteiger partial charge in [0.1, 0.15) is 0 Å². The van der Waals surface area contributed by atoms with Crippen molar-refractivity contribution in [3.8, 4) is 0 Å². The lowest BCUT2D eigenvalue weighted by molar-refractivity contribution is 0.115. The molecule has 1 atom stereocenters. The maximum atomic E-state index is 11.7. The summed E-state index contributed by atoms with van der Waals surface area (Å²) in [6.45, 7) is 2.54. The van der Waals surface area contributed by atoms with Crippen molar-refractivity contribution in [2.75, 3.05) is 32.9 Å². The minimum absolute atomic E-state index is 0.415. The first-order valence-electron chi connectivity index (χ1n) is 8.05. The van der Waals surface area contributed by atoms with Gasteiger partial charge >= 0.3 is 0 Å². The fourth-order valence-corrected chi connectivity index (χ4v) is 5.18. The monoisotopic (exact) mass is 302 g/mol. The molecule has 118 valence electrons. The summed E-state index contributed by atoms with van der Waals surface area (Å²) in [4.78, 5) is 0. The molecule has 1 aliphatic heterocycles. The van der Waals surface area contributed by atoms with E-state index in [-0.39, 0.29) is 0 Å². The van der Waals surface area contributed by atoms with Crippen LogP contribution in [0.15, 0.2) is 0 Å². The van der Waals surface area contributed by atoms with Gasteiger partial charge < -0.3 is 5.32 Å². The van der Waals surface area contributed by atoms with E-state index in [9.17, 15) is 8.42 Å². The molecule has 1 saturated heterocycles. The van der Waals surface area contributed by atoms with Crippen LogP contribution in [0.3, 0.4) is 0 Å².